The summed E-state index contributed by atoms with van der Waals surface area (Å²) in [7, 11) is 0. The molecule has 0 radical (unpaired) electrons. The van der Waals surface area contributed by atoms with Gasteiger partial charge in [0.05, 0.1) is 23.1 Å². The van der Waals surface area contributed by atoms with E-state index in [-0.39, 0.29) is 29.1 Å². The van der Waals surface area contributed by atoms with Gasteiger partial charge in [0.2, 0.25) is 0 Å². The number of hydrogen-bond acceptors (Lipinski definition) is 4. The van der Waals surface area contributed by atoms with Gasteiger partial charge < -0.3 is 14.7 Å². The fourth-order valence-electron chi connectivity index (χ4n) is 2.43. The van der Waals surface area contributed by atoms with Crippen molar-refractivity contribution in [3.8, 4) is 5.75 Å². The van der Waals surface area contributed by atoms with Crippen molar-refractivity contribution in [2.45, 2.75) is 19.8 Å². The SMILES string of the molecule is CCOC(=O)C1CCN(C(=O)c2cc(O)ccc2Cl)CC1. The van der Waals surface area contributed by atoms with Crippen molar-refractivity contribution >= 4 is 23.5 Å². The maximum atomic E-state index is 12.4. The summed E-state index contributed by atoms with van der Waals surface area (Å²) in [5, 5.41) is 9.78. The molecular weight excluding hydrogens is 294 g/mol. The zero-order valence-electron chi connectivity index (χ0n) is 11.8. The lowest BCUT2D eigenvalue weighted by molar-refractivity contribution is -0.149. The highest BCUT2D eigenvalue weighted by atomic mass is 35.5. The van der Waals surface area contributed by atoms with E-state index in [1.54, 1.807) is 11.8 Å². The summed E-state index contributed by atoms with van der Waals surface area (Å²) in [5.74, 6) is -0.559. The number of likely N-dealkylation sites (tertiary alicyclic amines) is 1. The molecule has 114 valence electrons. The Balaban J connectivity index is 2.00. The first-order valence-corrected chi connectivity index (χ1v) is 7.35. The van der Waals surface area contributed by atoms with Crippen molar-refractivity contribution < 1.29 is 19.4 Å². The highest BCUT2D eigenvalue weighted by Crippen LogP contribution is 2.25. The minimum absolute atomic E-state index is 0.00385. The van der Waals surface area contributed by atoms with Crippen LogP contribution in [-0.4, -0.2) is 41.6 Å². The molecule has 1 N–H and O–H groups in total. The van der Waals surface area contributed by atoms with Crippen molar-refractivity contribution in [1.29, 1.82) is 0 Å². The minimum Gasteiger partial charge on any atom is -0.508 e. The molecule has 1 saturated heterocycles. The molecule has 0 aromatic heterocycles. The highest BCUT2D eigenvalue weighted by Gasteiger charge is 2.29. The molecule has 1 amide bonds. The van der Waals surface area contributed by atoms with E-state index in [1.165, 1.54) is 18.2 Å². The number of rotatable bonds is 3. The summed E-state index contributed by atoms with van der Waals surface area (Å²) < 4.78 is 5.00. The third kappa shape index (κ3) is 3.67. The molecule has 5 nitrogen and oxygen atoms in total. The van der Waals surface area contributed by atoms with Gasteiger partial charge in [0.15, 0.2) is 0 Å². The minimum atomic E-state index is -0.224. The van der Waals surface area contributed by atoms with Gasteiger partial charge in [-0.05, 0) is 38.0 Å². The molecule has 1 heterocycles. The number of phenols is 1. The number of nitrogens with zero attached hydrogens (tertiary/aromatic N) is 1. The average molecular weight is 312 g/mol. The third-order valence-corrected chi connectivity index (χ3v) is 3.91. The Morgan fingerprint density at radius 1 is 1.38 bits per heavy atom. The average Bonchev–Trinajstić information content (AvgIpc) is 2.49. The van der Waals surface area contributed by atoms with Gasteiger partial charge in [-0.2, -0.15) is 0 Å². The van der Waals surface area contributed by atoms with Gasteiger partial charge in [0.25, 0.3) is 5.91 Å². The molecule has 21 heavy (non-hydrogen) atoms. The lowest BCUT2D eigenvalue weighted by atomic mass is 9.96. The molecule has 1 aliphatic heterocycles. The Morgan fingerprint density at radius 2 is 2.05 bits per heavy atom. The quantitative estimate of drug-likeness (QED) is 0.871. The standard InChI is InChI=1S/C15H18ClNO4/c1-2-21-15(20)10-5-7-17(8-6-10)14(19)12-9-11(18)3-4-13(12)16/h3-4,9-10,18H,2,5-8H2,1H3. The van der Waals surface area contributed by atoms with Crippen molar-refractivity contribution in [1.82, 2.24) is 4.90 Å². The molecule has 0 aliphatic carbocycles. The highest BCUT2D eigenvalue weighted by molar-refractivity contribution is 6.33. The third-order valence-electron chi connectivity index (χ3n) is 3.58. The number of ether oxygens (including phenoxy) is 1. The Morgan fingerprint density at radius 3 is 2.67 bits per heavy atom. The van der Waals surface area contributed by atoms with Crippen LogP contribution in [0, 0.1) is 5.92 Å². The maximum Gasteiger partial charge on any atom is 0.309 e. The normalized spacial score (nSPS) is 15.8. The largest absolute Gasteiger partial charge is 0.508 e. The first-order valence-electron chi connectivity index (χ1n) is 6.97. The number of aromatic hydroxyl groups is 1. The maximum absolute atomic E-state index is 12.4. The number of carbonyl (C=O) groups excluding carboxylic acids is 2. The van der Waals surface area contributed by atoms with Gasteiger partial charge in [0.1, 0.15) is 5.75 Å². The summed E-state index contributed by atoms with van der Waals surface area (Å²) in [4.78, 5) is 25.7. The number of halogens is 1. The molecule has 1 aromatic rings. The Hall–Kier alpha value is -1.75. The van der Waals surface area contributed by atoms with Crippen LogP contribution in [0.25, 0.3) is 0 Å². The van der Waals surface area contributed by atoms with Crippen LogP contribution in [0.2, 0.25) is 5.02 Å². The van der Waals surface area contributed by atoms with Crippen LogP contribution in [0.15, 0.2) is 18.2 Å². The molecule has 1 fully saturated rings. The van der Waals surface area contributed by atoms with Crippen LogP contribution in [0.3, 0.4) is 0 Å². The fraction of sp³-hybridized carbons (Fsp3) is 0.467. The van der Waals surface area contributed by atoms with E-state index in [0.29, 0.717) is 37.6 Å². The molecule has 0 spiro atoms. The fourth-order valence-corrected chi connectivity index (χ4v) is 2.62. The van der Waals surface area contributed by atoms with E-state index in [4.69, 9.17) is 16.3 Å². The monoisotopic (exact) mass is 311 g/mol. The van der Waals surface area contributed by atoms with E-state index in [1.807, 2.05) is 0 Å². The lowest BCUT2D eigenvalue weighted by Gasteiger charge is -2.31. The van der Waals surface area contributed by atoms with Crippen molar-refractivity contribution in [2.75, 3.05) is 19.7 Å². The molecular formula is C15H18ClNO4. The van der Waals surface area contributed by atoms with Crippen molar-refractivity contribution in [3.05, 3.63) is 28.8 Å². The van der Waals surface area contributed by atoms with E-state index in [2.05, 4.69) is 0 Å². The van der Waals surface area contributed by atoms with Crippen LogP contribution >= 0.6 is 11.6 Å². The number of piperidine rings is 1. The molecule has 1 aromatic carbocycles. The second-order valence-corrected chi connectivity index (χ2v) is 5.39. The van der Waals surface area contributed by atoms with Gasteiger partial charge in [-0.1, -0.05) is 11.6 Å². The summed E-state index contributed by atoms with van der Waals surface area (Å²) >= 11 is 6.00. The number of benzene rings is 1. The molecule has 0 saturated carbocycles. The van der Waals surface area contributed by atoms with E-state index in [0.717, 1.165) is 0 Å². The first-order chi connectivity index (χ1) is 10.0. The number of phenolic OH excluding ortho intramolecular Hbond substituents is 1. The molecule has 0 bridgehead atoms. The summed E-state index contributed by atoms with van der Waals surface area (Å²) in [6.07, 6.45) is 1.17. The first kappa shape index (κ1) is 15.6. The van der Waals surface area contributed by atoms with Crippen LogP contribution in [0.4, 0.5) is 0 Å². The zero-order chi connectivity index (χ0) is 15.4. The van der Waals surface area contributed by atoms with Gasteiger partial charge in [-0.15, -0.1) is 0 Å². The summed E-state index contributed by atoms with van der Waals surface area (Å²) in [6, 6.07) is 4.30. The lowest BCUT2D eigenvalue weighted by Crippen LogP contribution is -2.40. The van der Waals surface area contributed by atoms with Crippen LogP contribution in [0.1, 0.15) is 30.1 Å². The predicted octanol–water partition coefficient (Wildman–Crippen LogP) is 2.46. The number of esters is 1. The molecule has 2 rings (SSSR count). The van der Waals surface area contributed by atoms with E-state index in [9.17, 15) is 14.7 Å². The van der Waals surface area contributed by atoms with Crippen LogP contribution in [0.5, 0.6) is 5.75 Å². The van der Waals surface area contributed by atoms with Gasteiger partial charge in [-0.3, -0.25) is 9.59 Å². The Labute approximate surface area is 128 Å². The van der Waals surface area contributed by atoms with E-state index >= 15 is 0 Å². The smallest absolute Gasteiger partial charge is 0.309 e. The van der Waals surface area contributed by atoms with E-state index < -0.39 is 0 Å². The summed E-state index contributed by atoms with van der Waals surface area (Å²) in [6.45, 7) is 3.11. The predicted molar refractivity (Wildman–Crippen MR) is 78.4 cm³/mol. The number of hydrogen-bond donors (Lipinski definition) is 1. The molecule has 6 heteroatoms. The Kier molecular flexibility index (Phi) is 5.07. The van der Waals surface area contributed by atoms with Gasteiger partial charge >= 0.3 is 5.97 Å². The Bertz CT molecular complexity index is 538. The van der Waals surface area contributed by atoms with Crippen LogP contribution in [-0.2, 0) is 9.53 Å². The van der Waals surface area contributed by atoms with Gasteiger partial charge in [0, 0.05) is 13.1 Å². The molecule has 0 unspecified atom stereocenters. The molecule has 1 aliphatic rings. The van der Waals surface area contributed by atoms with Crippen molar-refractivity contribution in [2.24, 2.45) is 5.92 Å². The topological polar surface area (TPSA) is 66.8 Å². The van der Waals surface area contributed by atoms with Gasteiger partial charge in [-0.25, -0.2) is 0 Å². The molecule has 0 atom stereocenters. The second kappa shape index (κ2) is 6.80. The van der Waals surface area contributed by atoms with Crippen molar-refractivity contribution in [3.63, 3.8) is 0 Å². The second-order valence-electron chi connectivity index (χ2n) is 4.98. The number of carbonyl (C=O) groups is 2. The number of amides is 1. The zero-order valence-corrected chi connectivity index (χ0v) is 12.6. The summed E-state index contributed by atoms with van der Waals surface area (Å²) in [5.41, 5.74) is 0.284. The van der Waals surface area contributed by atoms with Crippen LogP contribution < -0.4 is 0 Å².